The number of hydrogen-bond donors (Lipinski definition) is 0. The van der Waals surface area contributed by atoms with Gasteiger partial charge in [0.25, 0.3) is 0 Å². The van der Waals surface area contributed by atoms with Crippen LogP contribution in [-0.4, -0.2) is 41.4 Å². The van der Waals surface area contributed by atoms with Crippen molar-refractivity contribution >= 4 is 13.2 Å². The molecule has 0 spiro atoms. The lowest BCUT2D eigenvalue weighted by atomic mass is 9.81. The molecular weight excluding hydrogens is 281 g/mol. The first-order valence-corrected chi connectivity index (χ1v) is 7.20. The van der Waals surface area contributed by atoms with Crippen molar-refractivity contribution in [2.75, 3.05) is 6.50 Å². The molecule has 0 unspecified atom stereocenters. The van der Waals surface area contributed by atoms with Crippen LogP contribution in [0.5, 0.6) is 0 Å². The maximum absolute atomic E-state index is 12.9. The standard InChI is InChI=1S/C16H28BNO4/c1-14(2,3)20-13(19)18-11-9-8-10-12(18)17-21-15(4,5)16(6,7)22-17/h10H,8-9,11H2,1-7H3/i8D2,9D2,10D,11D2. The van der Waals surface area contributed by atoms with Gasteiger partial charge in [-0.1, -0.05) is 6.05 Å². The number of allylic oxidation sites excluding steroid dienone is 1. The zero-order chi connectivity index (χ0) is 23.0. The summed E-state index contributed by atoms with van der Waals surface area (Å²) in [6, 6.07) is -0.943. The van der Waals surface area contributed by atoms with Crippen molar-refractivity contribution in [3.8, 4) is 0 Å². The first kappa shape index (κ1) is 9.98. The number of rotatable bonds is 1. The van der Waals surface area contributed by atoms with Crippen LogP contribution in [0.25, 0.3) is 0 Å². The average Bonchev–Trinajstić information content (AvgIpc) is 2.67. The van der Waals surface area contributed by atoms with Crippen molar-refractivity contribution in [2.24, 2.45) is 0 Å². The van der Waals surface area contributed by atoms with Crippen LogP contribution in [0.1, 0.15) is 70.8 Å². The van der Waals surface area contributed by atoms with E-state index in [1.54, 1.807) is 48.5 Å². The largest absolute Gasteiger partial charge is 0.512 e. The molecule has 5 nitrogen and oxygen atoms in total. The molecule has 0 radical (unpaired) electrons. The molecule has 0 aromatic carbocycles. The number of nitrogens with zero attached hydrogens (tertiary/aromatic N) is 1. The zero-order valence-electron chi connectivity index (χ0n) is 21.2. The summed E-state index contributed by atoms with van der Waals surface area (Å²) in [6.45, 7) is 8.30. The molecule has 0 saturated carbocycles. The minimum atomic E-state index is -3.25. The van der Waals surface area contributed by atoms with E-state index < -0.39 is 60.9 Å². The van der Waals surface area contributed by atoms with Crippen LogP contribution in [-0.2, 0) is 14.0 Å². The SMILES string of the molecule is [2H]C1=C(B2OC(C)(C)C(C)(C)O2)N(C(=O)OC(C)(C)C)C([2H])([2H])C([2H])([2H])C1([2H])[2H]. The predicted octanol–water partition coefficient (Wildman–Crippen LogP) is 3.53. The van der Waals surface area contributed by atoms with E-state index in [0.717, 1.165) is 0 Å². The van der Waals surface area contributed by atoms with Crippen molar-refractivity contribution in [1.29, 1.82) is 0 Å². The fourth-order valence-corrected chi connectivity index (χ4v) is 1.87. The summed E-state index contributed by atoms with van der Waals surface area (Å²) in [7, 11) is -1.47. The van der Waals surface area contributed by atoms with Crippen LogP contribution >= 0.6 is 0 Å². The Kier molecular flexibility index (Phi) is 2.53. The van der Waals surface area contributed by atoms with Gasteiger partial charge in [-0.15, -0.1) is 0 Å². The van der Waals surface area contributed by atoms with Crippen molar-refractivity contribution in [1.82, 2.24) is 4.90 Å². The van der Waals surface area contributed by atoms with Crippen LogP contribution in [0, 0.1) is 0 Å². The lowest BCUT2D eigenvalue weighted by Gasteiger charge is -2.32. The van der Waals surface area contributed by atoms with Gasteiger partial charge in [-0.2, -0.15) is 0 Å². The Hall–Kier alpha value is -1.01. The van der Waals surface area contributed by atoms with Gasteiger partial charge >= 0.3 is 13.2 Å². The van der Waals surface area contributed by atoms with Crippen molar-refractivity contribution in [2.45, 2.75) is 78.0 Å². The fraction of sp³-hybridized carbons (Fsp3) is 0.812. The normalized spacial score (nSPS) is 36.2. The number of hydrogen-bond acceptors (Lipinski definition) is 4. The van der Waals surface area contributed by atoms with E-state index in [4.69, 9.17) is 23.6 Å². The predicted molar refractivity (Wildman–Crippen MR) is 86.3 cm³/mol. The van der Waals surface area contributed by atoms with Gasteiger partial charge in [0.1, 0.15) is 5.60 Å². The smallest absolute Gasteiger partial charge is 0.443 e. The molecule has 0 N–H and O–H groups in total. The quantitative estimate of drug-likeness (QED) is 0.694. The second kappa shape index (κ2) is 5.57. The zero-order valence-corrected chi connectivity index (χ0v) is 14.2. The average molecular weight is 316 g/mol. The highest BCUT2D eigenvalue weighted by atomic mass is 16.7. The highest BCUT2D eigenvalue weighted by Crippen LogP contribution is 2.40. The monoisotopic (exact) mass is 316 g/mol. The number of ether oxygens (including phenoxy) is 1. The molecule has 22 heavy (non-hydrogen) atoms. The molecule has 0 aromatic rings. The Morgan fingerprint density at radius 3 is 2.41 bits per heavy atom. The molecule has 0 bridgehead atoms. The van der Waals surface area contributed by atoms with E-state index in [2.05, 4.69) is 0 Å². The number of carbonyl (C=O) groups is 1. The van der Waals surface area contributed by atoms with E-state index in [1.807, 2.05) is 0 Å². The van der Waals surface area contributed by atoms with Gasteiger partial charge in [0.05, 0.1) is 18.2 Å². The van der Waals surface area contributed by atoms with Gasteiger partial charge in [-0.05, 0) is 61.2 Å². The van der Waals surface area contributed by atoms with Crippen molar-refractivity contribution < 1.29 is 28.4 Å². The van der Waals surface area contributed by atoms with Crippen LogP contribution in [0.15, 0.2) is 11.6 Å². The molecule has 0 aromatic heterocycles. The van der Waals surface area contributed by atoms with E-state index in [9.17, 15) is 4.79 Å². The van der Waals surface area contributed by atoms with E-state index >= 15 is 0 Å². The summed E-state index contributed by atoms with van der Waals surface area (Å²) in [5, 5.41) is 0. The van der Waals surface area contributed by atoms with Crippen LogP contribution in [0.3, 0.4) is 0 Å². The Morgan fingerprint density at radius 1 is 1.36 bits per heavy atom. The van der Waals surface area contributed by atoms with Gasteiger partial charge in [0.2, 0.25) is 0 Å². The molecule has 1 fully saturated rings. The minimum absolute atomic E-state index is 0.323. The molecule has 2 aliphatic heterocycles. The summed E-state index contributed by atoms with van der Waals surface area (Å²) >= 11 is 0. The third kappa shape index (κ3) is 3.49. The minimum Gasteiger partial charge on any atom is -0.443 e. The highest BCUT2D eigenvalue weighted by Gasteiger charge is 2.54. The van der Waals surface area contributed by atoms with Gasteiger partial charge in [0.15, 0.2) is 0 Å². The molecule has 6 heteroatoms. The van der Waals surface area contributed by atoms with E-state index in [1.165, 1.54) is 0 Å². The Balaban J connectivity index is 2.73. The summed E-state index contributed by atoms with van der Waals surface area (Å²) in [5.41, 5.74) is -3.43. The van der Waals surface area contributed by atoms with Crippen LogP contribution < -0.4 is 0 Å². The van der Waals surface area contributed by atoms with Gasteiger partial charge in [-0.3, -0.25) is 4.90 Å². The Bertz CT molecular complexity index is 730. The van der Waals surface area contributed by atoms with E-state index in [-0.39, 0.29) is 0 Å². The topological polar surface area (TPSA) is 48.0 Å². The molecule has 1 amide bonds. The first-order valence-electron chi connectivity index (χ1n) is 10.7. The number of carbonyl (C=O) groups excluding carboxylic acids is 1. The second-order valence-electron chi connectivity index (χ2n) is 7.28. The third-order valence-corrected chi connectivity index (χ3v) is 3.71. The molecular formula is C16H28BNO4. The Morgan fingerprint density at radius 2 is 1.91 bits per heavy atom. The number of amides is 1. The molecule has 2 rings (SSSR count). The first-order chi connectivity index (χ1) is 12.6. The fourth-order valence-electron chi connectivity index (χ4n) is 1.87. The summed E-state index contributed by atoms with van der Waals surface area (Å²) in [6.07, 6.45) is -7.58. The maximum atomic E-state index is 12.9. The van der Waals surface area contributed by atoms with E-state index in [0.29, 0.717) is 4.90 Å². The lowest BCUT2D eigenvalue weighted by molar-refractivity contribution is 0.00578. The van der Waals surface area contributed by atoms with Crippen molar-refractivity contribution in [3.63, 3.8) is 0 Å². The molecule has 1 saturated heterocycles. The van der Waals surface area contributed by atoms with Gasteiger partial charge in [-0.25, -0.2) is 4.79 Å². The third-order valence-electron chi connectivity index (χ3n) is 3.71. The summed E-state index contributed by atoms with van der Waals surface area (Å²) in [4.78, 5) is 13.2. The summed E-state index contributed by atoms with van der Waals surface area (Å²) in [5.74, 6) is 0. The van der Waals surface area contributed by atoms with Crippen LogP contribution in [0.2, 0.25) is 0 Å². The summed E-state index contributed by atoms with van der Waals surface area (Å²) < 4.78 is 74.2. The molecule has 0 atom stereocenters. The molecule has 2 heterocycles. The molecule has 2 aliphatic rings. The Labute approximate surface area is 144 Å². The van der Waals surface area contributed by atoms with Crippen LogP contribution in [0.4, 0.5) is 4.79 Å². The van der Waals surface area contributed by atoms with Crippen molar-refractivity contribution in [3.05, 3.63) is 11.6 Å². The highest BCUT2D eigenvalue weighted by molar-refractivity contribution is 6.54. The molecule has 124 valence electrons. The van der Waals surface area contributed by atoms with Gasteiger partial charge in [0, 0.05) is 14.7 Å². The lowest BCUT2D eigenvalue weighted by Crippen LogP contribution is -2.43. The molecule has 0 aliphatic carbocycles. The second-order valence-corrected chi connectivity index (χ2v) is 7.28. The van der Waals surface area contributed by atoms with Gasteiger partial charge < -0.3 is 14.0 Å². The maximum Gasteiger partial charge on any atom is 0.512 e.